The molecular formula is C36H69BO3. The third-order valence-electron chi connectivity index (χ3n) is 11.9. The highest BCUT2D eigenvalue weighted by molar-refractivity contribution is 6.30. The van der Waals surface area contributed by atoms with Gasteiger partial charge in [-0.05, 0) is 35.5 Å². The Bertz CT molecular complexity index is 436. The molecule has 0 unspecified atom stereocenters. The summed E-state index contributed by atoms with van der Waals surface area (Å²) in [5.41, 5.74) is 0. The molecule has 0 bridgehead atoms. The van der Waals surface area contributed by atoms with Crippen LogP contribution in [0.1, 0.15) is 193 Å². The smallest absolute Gasteiger partial charge is 0.402 e. The predicted molar refractivity (Wildman–Crippen MR) is 172 cm³/mol. The minimum Gasteiger partial charge on any atom is -0.402 e. The first kappa shape index (κ1) is 34.4. The normalized spacial score (nSPS) is 26.8. The molecule has 0 aliphatic heterocycles. The highest BCUT2D eigenvalue weighted by atomic mass is 16.5. The Morgan fingerprint density at radius 1 is 0.225 bits per heavy atom. The van der Waals surface area contributed by atoms with E-state index in [9.17, 15) is 0 Å². The van der Waals surface area contributed by atoms with E-state index >= 15 is 0 Å². The second-order valence-electron chi connectivity index (χ2n) is 14.7. The maximum atomic E-state index is 7.17. The molecule has 3 N–H and O–H groups in total. The van der Waals surface area contributed by atoms with Gasteiger partial charge >= 0.3 is 7.32 Å². The molecule has 0 saturated heterocycles. The molecule has 6 rings (SSSR count). The quantitative estimate of drug-likeness (QED) is 0.301. The van der Waals surface area contributed by atoms with E-state index in [2.05, 4.69) is 0 Å². The Balaban J connectivity index is 0.000000155. The zero-order valence-corrected chi connectivity index (χ0v) is 26.6. The number of rotatable bonds is 3. The molecule has 40 heavy (non-hydrogen) atoms. The van der Waals surface area contributed by atoms with Gasteiger partial charge in [-0.15, -0.1) is 0 Å². The standard InChI is InChI=1S/3C12H22.BH3O3/c3*1-3-7-11(8-4-1)12-9-5-2-6-10-12;2-1(3)4/h3*11-12H,1-10H2;2-4H. The van der Waals surface area contributed by atoms with E-state index in [1.54, 1.807) is 77.0 Å². The highest BCUT2D eigenvalue weighted by Crippen LogP contribution is 2.40. The molecule has 0 atom stereocenters. The minimum atomic E-state index is -2.17. The van der Waals surface area contributed by atoms with Gasteiger partial charge in [0.05, 0.1) is 0 Å². The van der Waals surface area contributed by atoms with Crippen LogP contribution < -0.4 is 0 Å². The van der Waals surface area contributed by atoms with Gasteiger partial charge in [0, 0.05) is 0 Å². The maximum Gasteiger partial charge on any atom is 0.631 e. The minimum absolute atomic E-state index is 1.14. The van der Waals surface area contributed by atoms with Crippen molar-refractivity contribution in [1.29, 1.82) is 0 Å². The van der Waals surface area contributed by atoms with Gasteiger partial charge in [-0.25, -0.2) is 0 Å². The molecule has 0 aromatic heterocycles. The van der Waals surface area contributed by atoms with Crippen LogP contribution in [0.5, 0.6) is 0 Å². The largest absolute Gasteiger partial charge is 0.631 e. The third-order valence-corrected chi connectivity index (χ3v) is 11.9. The summed E-state index contributed by atoms with van der Waals surface area (Å²) >= 11 is 0. The van der Waals surface area contributed by atoms with Gasteiger partial charge in [0.2, 0.25) is 0 Å². The van der Waals surface area contributed by atoms with Crippen LogP contribution in [-0.2, 0) is 0 Å². The van der Waals surface area contributed by atoms with Crippen molar-refractivity contribution in [2.45, 2.75) is 193 Å². The zero-order valence-electron chi connectivity index (χ0n) is 26.6. The lowest BCUT2D eigenvalue weighted by atomic mass is 9.73. The van der Waals surface area contributed by atoms with E-state index in [0.717, 1.165) is 35.5 Å². The Morgan fingerprint density at radius 2 is 0.325 bits per heavy atom. The second-order valence-corrected chi connectivity index (χ2v) is 14.7. The average Bonchev–Trinajstić information content (AvgIpc) is 3.04. The molecule has 4 heteroatoms. The molecule has 0 aromatic carbocycles. The fourth-order valence-corrected chi connectivity index (χ4v) is 9.63. The van der Waals surface area contributed by atoms with E-state index in [0.29, 0.717) is 0 Å². The maximum absolute atomic E-state index is 7.17. The van der Waals surface area contributed by atoms with E-state index in [1.165, 1.54) is 116 Å². The summed E-state index contributed by atoms with van der Waals surface area (Å²) in [7, 11) is -2.17. The lowest BCUT2D eigenvalue weighted by molar-refractivity contribution is 0.196. The van der Waals surface area contributed by atoms with Crippen molar-refractivity contribution in [3.8, 4) is 0 Å². The van der Waals surface area contributed by atoms with Gasteiger partial charge in [0.1, 0.15) is 0 Å². The van der Waals surface area contributed by atoms with Crippen molar-refractivity contribution in [3.63, 3.8) is 0 Å². The number of hydrogen-bond acceptors (Lipinski definition) is 3. The van der Waals surface area contributed by atoms with Gasteiger partial charge < -0.3 is 15.1 Å². The summed E-state index contributed by atoms with van der Waals surface area (Å²) in [4.78, 5) is 0. The monoisotopic (exact) mass is 561 g/mol. The van der Waals surface area contributed by atoms with Gasteiger partial charge in [-0.3, -0.25) is 0 Å². The van der Waals surface area contributed by atoms with Gasteiger partial charge in [-0.1, -0.05) is 193 Å². The first-order valence-electron chi connectivity index (χ1n) is 18.7. The first-order chi connectivity index (χ1) is 19.6. The summed E-state index contributed by atoms with van der Waals surface area (Å²) in [5.74, 6) is 6.83. The Hall–Kier alpha value is -0.0551. The van der Waals surface area contributed by atoms with Crippen molar-refractivity contribution in [2.75, 3.05) is 0 Å². The average molecular weight is 561 g/mol. The molecular weight excluding hydrogens is 491 g/mol. The lowest BCUT2D eigenvalue weighted by Crippen LogP contribution is -2.20. The van der Waals surface area contributed by atoms with E-state index in [-0.39, 0.29) is 0 Å². The van der Waals surface area contributed by atoms with Gasteiger partial charge in [-0.2, -0.15) is 0 Å². The van der Waals surface area contributed by atoms with Crippen molar-refractivity contribution >= 4 is 7.32 Å². The molecule has 6 aliphatic rings. The van der Waals surface area contributed by atoms with Crippen LogP contribution in [0.25, 0.3) is 0 Å². The number of hydrogen-bond donors (Lipinski definition) is 3. The molecule has 0 heterocycles. The molecule has 0 radical (unpaired) electrons. The molecule has 234 valence electrons. The lowest BCUT2D eigenvalue weighted by Gasteiger charge is -2.32. The van der Waals surface area contributed by atoms with E-state index < -0.39 is 7.32 Å². The SMILES string of the molecule is C1CCC(C2CCCCC2)CC1.C1CCC(C2CCCCC2)CC1.C1CCC(C2CCCCC2)CC1.OB(O)O. The van der Waals surface area contributed by atoms with E-state index in [1.807, 2.05) is 0 Å². The van der Waals surface area contributed by atoms with Gasteiger partial charge in [0.25, 0.3) is 0 Å². The van der Waals surface area contributed by atoms with Crippen LogP contribution in [0, 0.1) is 35.5 Å². The second kappa shape index (κ2) is 21.6. The fourth-order valence-electron chi connectivity index (χ4n) is 9.63. The van der Waals surface area contributed by atoms with Crippen molar-refractivity contribution in [2.24, 2.45) is 35.5 Å². The molecule has 0 amide bonds. The molecule has 6 fully saturated rings. The predicted octanol–water partition coefficient (Wildman–Crippen LogP) is 10.4. The van der Waals surface area contributed by atoms with Crippen LogP contribution in [0.2, 0.25) is 0 Å². The zero-order chi connectivity index (χ0) is 28.3. The third kappa shape index (κ3) is 14.4. The Morgan fingerprint density at radius 3 is 0.425 bits per heavy atom. The highest BCUT2D eigenvalue weighted by Gasteiger charge is 2.26. The van der Waals surface area contributed by atoms with E-state index in [4.69, 9.17) is 15.1 Å². The summed E-state index contributed by atoms with van der Waals surface area (Å²) in [6.45, 7) is 0. The molecule has 3 nitrogen and oxygen atoms in total. The first-order valence-corrected chi connectivity index (χ1v) is 18.7. The summed E-state index contributed by atoms with van der Waals surface area (Å²) in [5, 5.41) is 21.5. The topological polar surface area (TPSA) is 60.7 Å². The van der Waals surface area contributed by atoms with Crippen molar-refractivity contribution in [3.05, 3.63) is 0 Å². The molecule has 6 aliphatic carbocycles. The van der Waals surface area contributed by atoms with Crippen molar-refractivity contribution in [1.82, 2.24) is 0 Å². The Labute approximate surface area is 250 Å². The van der Waals surface area contributed by atoms with Gasteiger partial charge in [0.15, 0.2) is 0 Å². The molecule has 0 aromatic rings. The molecule has 0 spiro atoms. The van der Waals surface area contributed by atoms with Crippen LogP contribution in [0.3, 0.4) is 0 Å². The summed E-state index contributed by atoms with van der Waals surface area (Å²) < 4.78 is 0. The molecule has 6 saturated carbocycles. The van der Waals surface area contributed by atoms with Crippen LogP contribution in [-0.4, -0.2) is 22.4 Å². The summed E-state index contributed by atoms with van der Waals surface area (Å²) in [6, 6.07) is 0. The Kier molecular flexibility index (Phi) is 18.6. The fraction of sp³-hybridized carbons (Fsp3) is 1.00. The summed E-state index contributed by atoms with van der Waals surface area (Å²) in [6.07, 6.45) is 46.2. The van der Waals surface area contributed by atoms with Crippen LogP contribution in [0.15, 0.2) is 0 Å². The van der Waals surface area contributed by atoms with Crippen molar-refractivity contribution < 1.29 is 15.1 Å². The van der Waals surface area contributed by atoms with Crippen LogP contribution >= 0.6 is 0 Å². The van der Waals surface area contributed by atoms with Crippen LogP contribution in [0.4, 0.5) is 0 Å².